The molecule has 1 aromatic carbocycles. The summed E-state index contributed by atoms with van der Waals surface area (Å²) in [6.45, 7) is 10.7. The van der Waals surface area contributed by atoms with E-state index in [0.717, 1.165) is 29.4 Å². The molecule has 4 heteroatoms. The minimum atomic E-state index is -0.114. The maximum Gasteiger partial charge on any atom is 0.287 e. The van der Waals surface area contributed by atoms with E-state index in [1.54, 1.807) is 0 Å². The molecule has 0 unspecified atom stereocenters. The third-order valence-corrected chi connectivity index (χ3v) is 4.58. The zero-order chi connectivity index (χ0) is 16.8. The van der Waals surface area contributed by atoms with E-state index in [1.807, 2.05) is 31.2 Å². The maximum absolute atomic E-state index is 12.7. The smallest absolute Gasteiger partial charge is 0.287 e. The molecule has 1 aromatic heterocycles. The zero-order valence-corrected chi connectivity index (χ0v) is 14.6. The molecule has 1 aliphatic heterocycles. The Labute approximate surface area is 137 Å². The summed E-state index contributed by atoms with van der Waals surface area (Å²) in [6, 6.07) is 7.91. The first-order valence-electron chi connectivity index (χ1n) is 8.25. The Morgan fingerprint density at radius 1 is 1.17 bits per heavy atom. The number of furan rings is 1. The normalized spacial score (nSPS) is 20.6. The molecule has 0 radical (unpaired) electrons. The van der Waals surface area contributed by atoms with E-state index in [9.17, 15) is 4.79 Å². The molecule has 124 valence electrons. The van der Waals surface area contributed by atoms with E-state index in [0.29, 0.717) is 5.76 Å². The molecule has 3 rings (SSSR count). The van der Waals surface area contributed by atoms with Crippen LogP contribution >= 0.6 is 0 Å². The fourth-order valence-corrected chi connectivity index (χ4v) is 4.07. The van der Waals surface area contributed by atoms with Crippen molar-refractivity contribution in [1.82, 2.24) is 10.6 Å². The summed E-state index contributed by atoms with van der Waals surface area (Å²) in [5, 5.41) is 7.81. The van der Waals surface area contributed by atoms with E-state index < -0.39 is 0 Å². The van der Waals surface area contributed by atoms with Crippen molar-refractivity contribution in [3.8, 4) is 0 Å². The summed E-state index contributed by atoms with van der Waals surface area (Å²) < 4.78 is 5.78. The first-order valence-corrected chi connectivity index (χ1v) is 8.25. The molecular formula is C19H26N2O2. The summed E-state index contributed by atoms with van der Waals surface area (Å²) in [7, 11) is 0. The zero-order valence-electron chi connectivity index (χ0n) is 14.6. The predicted octanol–water partition coefficient (Wildman–Crippen LogP) is 3.78. The molecule has 4 nitrogen and oxygen atoms in total. The number of carbonyl (C=O) groups excluding carboxylic acids is 1. The summed E-state index contributed by atoms with van der Waals surface area (Å²) in [5.41, 5.74) is 1.68. The minimum absolute atomic E-state index is 0.00260. The van der Waals surface area contributed by atoms with E-state index in [-0.39, 0.29) is 23.0 Å². The molecular weight excluding hydrogens is 288 g/mol. The van der Waals surface area contributed by atoms with Gasteiger partial charge in [0.1, 0.15) is 5.58 Å². The highest BCUT2D eigenvalue weighted by Crippen LogP contribution is 2.29. The number of rotatable bonds is 2. The van der Waals surface area contributed by atoms with Gasteiger partial charge < -0.3 is 15.1 Å². The Bertz CT molecular complexity index is 727. The molecule has 0 aliphatic carbocycles. The van der Waals surface area contributed by atoms with Crippen LogP contribution in [0.1, 0.15) is 56.7 Å². The Hall–Kier alpha value is -1.81. The van der Waals surface area contributed by atoms with E-state index in [4.69, 9.17) is 4.42 Å². The van der Waals surface area contributed by atoms with Gasteiger partial charge in [0, 0.05) is 28.1 Å². The van der Waals surface area contributed by atoms with Crippen LogP contribution in [0.15, 0.2) is 28.7 Å². The predicted molar refractivity (Wildman–Crippen MR) is 92.7 cm³/mol. The van der Waals surface area contributed by atoms with Crippen LogP contribution < -0.4 is 10.6 Å². The van der Waals surface area contributed by atoms with Crippen molar-refractivity contribution in [3.63, 3.8) is 0 Å². The second-order valence-electron chi connectivity index (χ2n) is 8.02. The van der Waals surface area contributed by atoms with Crippen molar-refractivity contribution < 1.29 is 9.21 Å². The lowest BCUT2D eigenvalue weighted by atomic mass is 9.79. The lowest BCUT2D eigenvalue weighted by Gasteiger charge is -2.46. The second kappa shape index (κ2) is 5.38. The first-order chi connectivity index (χ1) is 10.7. The molecule has 2 aromatic rings. The van der Waals surface area contributed by atoms with Crippen molar-refractivity contribution in [2.24, 2.45) is 0 Å². The van der Waals surface area contributed by atoms with Crippen molar-refractivity contribution in [2.45, 2.75) is 64.6 Å². The maximum atomic E-state index is 12.7. The molecule has 1 fully saturated rings. The molecule has 0 bridgehead atoms. The Kier molecular flexibility index (Phi) is 3.75. The van der Waals surface area contributed by atoms with Gasteiger partial charge in [-0.1, -0.05) is 18.2 Å². The highest BCUT2D eigenvalue weighted by molar-refractivity contribution is 5.99. The molecule has 1 aliphatic rings. The molecule has 23 heavy (non-hydrogen) atoms. The van der Waals surface area contributed by atoms with Crippen LogP contribution in [0.4, 0.5) is 0 Å². The monoisotopic (exact) mass is 314 g/mol. The van der Waals surface area contributed by atoms with Gasteiger partial charge in [0.05, 0.1) is 0 Å². The van der Waals surface area contributed by atoms with E-state index in [1.165, 1.54) is 0 Å². The number of para-hydroxylation sites is 1. The highest BCUT2D eigenvalue weighted by atomic mass is 16.3. The van der Waals surface area contributed by atoms with Crippen molar-refractivity contribution in [1.29, 1.82) is 0 Å². The molecule has 0 atom stereocenters. The third kappa shape index (κ3) is 3.27. The molecule has 1 amide bonds. The van der Waals surface area contributed by atoms with Gasteiger partial charge in [0.15, 0.2) is 5.76 Å². The topological polar surface area (TPSA) is 54.3 Å². The van der Waals surface area contributed by atoms with Crippen LogP contribution in [-0.4, -0.2) is 23.0 Å². The van der Waals surface area contributed by atoms with Crippen molar-refractivity contribution >= 4 is 16.9 Å². The van der Waals surface area contributed by atoms with Crippen LogP contribution in [0.5, 0.6) is 0 Å². The Morgan fingerprint density at radius 3 is 2.39 bits per heavy atom. The van der Waals surface area contributed by atoms with E-state index >= 15 is 0 Å². The number of benzene rings is 1. The fraction of sp³-hybridized carbons (Fsp3) is 0.526. The number of amides is 1. The highest BCUT2D eigenvalue weighted by Gasteiger charge is 2.38. The van der Waals surface area contributed by atoms with E-state index in [2.05, 4.69) is 38.3 Å². The van der Waals surface area contributed by atoms with Crippen LogP contribution in [0.25, 0.3) is 11.0 Å². The first kappa shape index (κ1) is 16.1. The minimum Gasteiger partial charge on any atom is -0.451 e. The molecule has 1 saturated heterocycles. The van der Waals surface area contributed by atoms with Crippen molar-refractivity contribution in [2.75, 3.05) is 0 Å². The summed E-state index contributed by atoms with van der Waals surface area (Å²) in [4.78, 5) is 12.7. The van der Waals surface area contributed by atoms with Crippen molar-refractivity contribution in [3.05, 3.63) is 35.6 Å². The van der Waals surface area contributed by atoms with Gasteiger partial charge in [0.2, 0.25) is 0 Å². The number of hydrogen-bond acceptors (Lipinski definition) is 3. The largest absolute Gasteiger partial charge is 0.451 e. The lowest BCUT2D eigenvalue weighted by molar-refractivity contribution is 0.0847. The van der Waals surface area contributed by atoms with Crippen LogP contribution in [0, 0.1) is 6.92 Å². The number of hydrogen-bond donors (Lipinski definition) is 2. The number of nitrogens with one attached hydrogen (secondary N) is 2. The average molecular weight is 314 g/mol. The van der Waals surface area contributed by atoms with Crippen LogP contribution in [-0.2, 0) is 0 Å². The fourth-order valence-electron chi connectivity index (χ4n) is 4.07. The van der Waals surface area contributed by atoms with Crippen LogP contribution in [0.3, 0.4) is 0 Å². The Morgan fingerprint density at radius 2 is 1.78 bits per heavy atom. The van der Waals surface area contributed by atoms with Gasteiger partial charge in [-0.2, -0.15) is 0 Å². The third-order valence-electron chi connectivity index (χ3n) is 4.58. The standard InChI is InChI=1S/C19H26N2O2/c1-12-14-8-6-7-9-15(14)23-16(12)17(22)20-13-10-18(2,3)21-19(4,5)11-13/h6-9,13,21H,10-11H2,1-5H3,(H,20,22). The number of aryl methyl sites for hydroxylation is 1. The summed E-state index contributed by atoms with van der Waals surface area (Å²) >= 11 is 0. The van der Waals surface area contributed by atoms with Gasteiger partial charge in [-0.15, -0.1) is 0 Å². The Balaban J connectivity index is 1.82. The van der Waals surface area contributed by atoms with Gasteiger partial charge in [-0.05, 0) is 53.5 Å². The number of carbonyl (C=O) groups is 1. The SMILES string of the molecule is Cc1c(C(=O)NC2CC(C)(C)NC(C)(C)C2)oc2ccccc12. The van der Waals surface area contributed by atoms with Gasteiger partial charge >= 0.3 is 0 Å². The molecule has 2 N–H and O–H groups in total. The van der Waals surface area contributed by atoms with Gasteiger partial charge in [-0.25, -0.2) is 0 Å². The molecule has 0 saturated carbocycles. The second-order valence-corrected chi connectivity index (χ2v) is 8.02. The molecule has 0 spiro atoms. The quantitative estimate of drug-likeness (QED) is 0.887. The number of piperidine rings is 1. The summed E-state index contributed by atoms with van der Waals surface area (Å²) in [6.07, 6.45) is 1.81. The molecule has 2 heterocycles. The lowest BCUT2D eigenvalue weighted by Crippen LogP contribution is -2.62. The van der Waals surface area contributed by atoms with Gasteiger partial charge in [0.25, 0.3) is 5.91 Å². The summed E-state index contributed by atoms with van der Waals surface area (Å²) in [5.74, 6) is 0.317. The average Bonchev–Trinajstić information content (AvgIpc) is 2.73. The van der Waals surface area contributed by atoms with Gasteiger partial charge in [-0.3, -0.25) is 4.79 Å². The van der Waals surface area contributed by atoms with Crippen LogP contribution in [0.2, 0.25) is 0 Å². The number of fused-ring (bicyclic) bond motifs is 1.